The van der Waals surface area contributed by atoms with Crippen LogP contribution in [0.25, 0.3) is 4.96 Å². The molecule has 0 aliphatic heterocycles. The number of aromatic nitrogens is 6. The van der Waals surface area contributed by atoms with Gasteiger partial charge in [-0.2, -0.15) is 9.61 Å². The number of thioether (sulfide) groups is 1. The van der Waals surface area contributed by atoms with Crippen LogP contribution in [0.2, 0.25) is 0 Å². The molecule has 116 valence electrons. The second-order valence-corrected chi connectivity index (χ2v) is 7.01. The first-order chi connectivity index (χ1) is 10.6. The molecule has 0 aromatic carbocycles. The number of rotatable bonds is 5. The summed E-state index contributed by atoms with van der Waals surface area (Å²) in [7, 11) is 0. The maximum Gasteiger partial charge on any atom is 0.275 e. The molecule has 0 amide bonds. The van der Waals surface area contributed by atoms with E-state index in [-0.39, 0.29) is 11.5 Å². The van der Waals surface area contributed by atoms with Gasteiger partial charge < -0.3 is 0 Å². The fraction of sp³-hybridized carbons (Fsp3) is 0.462. The van der Waals surface area contributed by atoms with Gasteiger partial charge in [0.05, 0.1) is 5.69 Å². The summed E-state index contributed by atoms with van der Waals surface area (Å²) in [6.45, 7) is 6.11. The summed E-state index contributed by atoms with van der Waals surface area (Å²) in [6, 6.07) is 1.53. The molecule has 3 aromatic rings. The van der Waals surface area contributed by atoms with Crippen LogP contribution in [0, 0.1) is 0 Å². The number of aromatic amines is 1. The molecule has 1 N–H and O–H groups in total. The maximum absolute atomic E-state index is 12.1. The van der Waals surface area contributed by atoms with Gasteiger partial charge in [-0.25, -0.2) is 9.97 Å². The van der Waals surface area contributed by atoms with Gasteiger partial charge >= 0.3 is 0 Å². The third-order valence-electron chi connectivity index (χ3n) is 3.00. The van der Waals surface area contributed by atoms with Gasteiger partial charge in [-0.3, -0.25) is 9.89 Å². The zero-order valence-corrected chi connectivity index (χ0v) is 14.2. The molecule has 3 heterocycles. The Labute approximate surface area is 135 Å². The Bertz CT molecular complexity index is 850. The molecule has 0 aliphatic carbocycles. The van der Waals surface area contributed by atoms with Crippen LogP contribution in [0.3, 0.4) is 0 Å². The highest BCUT2D eigenvalue weighted by molar-refractivity contribution is 7.98. The maximum atomic E-state index is 12.1. The summed E-state index contributed by atoms with van der Waals surface area (Å²) in [5, 5.41) is 12.9. The van der Waals surface area contributed by atoms with E-state index in [0.717, 1.165) is 22.9 Å². The van der Waals surface area contributed by atoms with Gasteiger partial charge in [0.25, 0.3) is 5.56 Å². The van der Waals surface area contributed by atoms with Crippen molar-refractivity contribution in [1.29, 1.82) is 0 Å². The molecule has 3 rings (SSSR count). The summed E-state index contributed by atoms with van der Waals surface area (Å²) in [4.78, 5) is 21.6. The molecule has 0 aliphatic rings. The second kappa shape index (κ2) is 6.17. The normalized spacial score (nSPS) is 11.6. The highest BCUT2D eigenvalue weighted by Crippen LogP contribution is 2.22. The van der Waals surface area contributed by atoms with Gasteiger partial charge in [-0.05, 0) is 0 Å². The molecule has 0 radical (unpaired) electrons. The quantitative estimate of drug-likeness (QED) is 0.719. The van der Waals surface area contributed by atoms with Gasteiger partial charge in [-0.1, -0.05) is 43.9 Å². The average Bonchev–Trinajstić information content (AvgIpc) is 3.11. The Balaban J connectivity index is 1.83. The van der Waals surface area contributed by atoms with Crippen LogP contribution in [0.4, 0.5) is 0 Å². The van der Waals surface area contributed by atoms with E-state index in [0.29, 0.717) is 15.9 Å². The molecule has 3 aromatic heterocycles. The van der Waals surface area contributed by atoms with Gasteiger partial charge in [0.15, 0.2) is 0 Å². The van der Waals surface area contributed by atoms with Crippen molar-refractivity contribution in [2.45, 2.75) is 44.0 Å². The van der Waals surface area contributed by atoms with E-state index < -0.39 is 0 Å². The third-order valence-corrected chi connectivity index (χ3v) is 5.09. The van der Waals surface area contributed by atoms with Crippen molar-refractivity contribution in [3.05, 3.63) is 32.9 Å². The molecule has 0 atom stereocenters. The summed E-state index contributed by atoms with van der Waals surface area (Å²) in [6.07, 6.45) is 0.817. The molecule has 0 saturated heterocycles. The molecule has 0 saturated carbocycles. The van der Waals surface area contributed by atoms with Crippen molar-refractivity contribution in [1.82, 2.24) is 29.8 Å². The third kappa shape index (κ3) is 3.05. The predicted molar refractivity (Wildman–Crippen MR) is 86.5 cm³/mol. The Morgan fingerprint density at radius 2 is 2.23 bits per heavy atom. The second-order valence-electron chi connectivity index (χ2n) is 5.08. The molecule has 22 heavy (non-hydrogen) atoms. The van der Waals surface area contributed by atoms with Crippen molar-refractivity contribution in [3.63, 3.8) is 0 Å². The van der Waals surface area contributed by atoms with E-state index in [1.54, 1.807) is 0 Å². The standard InChI is InChI=1S/C13H16N6OS2/c1-4-9-15-12(17-16-9)21-6-8-5-10(20)19-13(14-8)22-11(18-19)7(2)3/h5,7H,4,6H2,1-3H3,(H,15,16,17). The van der Waals surface area contributed by atoms with E-state index >= 15 is 0 Å². The minimum atomic E-state index is -0.145. The number of H-pyrrole nitrogens is 1. The molecular weight excluding hydrogens is 320 g/mol. The minimum Gasteiger partial charge on any atom is -0.267 e. The number of nitrogens with zero attached hydrogens (tertiary/aromatic N) is 5. The lowest BCUT2D eigenvalue weighted by atomic mass is 10.2. The molecular formula is C13H16N6OS2. The summed E-state index contributed by atoms with van der Waals surface area (Å²) >= 11 is 2.92. The van der Waals surface area contributed by atoms with Crippen LogP contribution in [-0.4, -0.2) is 29.8 Å². The molecule has 0 fully saturated rings. The molecule has 0 spiro atoms. The van der Waals surface area contributed by atoms with Crippen LogP contribution in [-0.2, 0) is 12.2 Å². The van der Waals surface area contributed by atoms with E-state index in [4.69, 9.17) is 0 Å². The number of aryl methyl sites for hydroxylation is 1. The van der Waals surface area contributed by atoms with E-state index in [2.05, 4.69) is 25.3 Å². The van der Waals surface area contributed by atoms with Gasteiger partial charge in [0, 0.05) is 24.2 Å². The summed E-state index contributed by atoms with van der Waals surface area (Å²) < 4.78 is 1.37. The van der Waals surface area contributed by atoms with E-state index in [1.165, 1.54) is 33.7 Å². The lowest BCUT2D eigenvalue weighted by molar-refractivity contribution is 0.782. The Hall–Kier alpha value is -1.74. The lowest BCUT2D eigenvalue weighted by Crippen LogP contribution is -2.15. The van der Waals surface area contributed by atoms with Crippen molar-refractivity contribution in [2.75, 3.05) is 0 Å². The minimum absolute atomic E-state index is 0.145. The van der Waals surface area contributed by atoms with Crippen LogP contribution in [0.15, 0.2) is 16.0 Å². The van der Waals surface area contributed by atoms with Gasteiger partial charge in [0.2, 0.25) is 10.1 Å². The Morgan fingerprint density at radius 3 is 2.91 bits per heavy atom. The predicted octanol–water partition coefficient (Wildman–Crippen LogP) is 2.25. The number of fused-ring (bicyclic) bond motifs is 1. The molecule has 0 unspecified atom stereocenters. The van der Waals surface area contributed by atoms with Crippen LogP contribution >= 0.6 is 23.1 Å². The zero-order chi connectivity index (χ0) is 15.7. The number of hydrogen-bond acceptors (Lipinski definition) is 7. The van der Waals surface area contributed by atoms with Crippen molar-refractivity contribution in [3.8, 4) is 0 Å². The molecule has 0 bridgehead atoms. The van der Waals surface area contributed by atoms with E-state index in [9.17, 15) is 4.79 Å². The highest BCUT2D eigenvalue weighted by Gasteiger charge is 2.12. The first kappa shape index (κ1) is 15.2. The van der Waals surface area contributed by atoms with Crippen molar-refractivity contribution >= 4 is 28.1 Å². The SMILES string of the molecule is CCc1nc(SCc2cc(=O)n3nc(C(C)C)sc3n2)n[nH]1. The van der Waals surface area contributed by atoms with Crippen LogP contribution < -0.4 is 5.56 Å². The van der Waals surface area contributed by atoms with Crippen molar-refractivity contribution < 1.29 is 0 Å². The number of nitrogens with one attached hydrogen (secondary N) is 1. The average molecular weight is 336 g/mol. The summed E-state index contributed by atoms with van der Waals surface area (Å²) in [5.41, 5.74) is 0.574. The Morgan fingerprint density at radius 1 is 1.41 bits per heavy atom. The molecule has 9 heteroatoms. The van der Waals surface area contributed by atoms with Crippen LogP contribution in [0.1, 0.15) is 43.2 Å². The number of hydrogen-bond donors (Lipinski definition) is 1. The van der Waals surface area contributed by atoms with Gasteiger partial charge in [0.1, 0.15) is 10.8 Å². The summed E-state index contributed by atoms with van der Waals surface area (Å²) in [5.74, 6) is 1.70. The largest absolute Gasteiger partial charge is 0.275 e. The zero-order valence-electron chi connectivity index (χ0n) is 12.5. The topological polar surface area (TPSA) is 88.8 Å². The highest BCUT2D eigenvalue weighted by atomic mass is 32.2. The van der Waals surface area contributed by atoms with Gasteiger partial charge in [-0.15, -0.1) is 5.10 Å². The first-order valence-corrected chi connectivity index (χ1v) is 8.80. The fourth-order valence-electron chi connectivity index (χ4n) is 1.82. The fourth-order valence-corrected chi connectivity index (χ4v) is 3.45. The Kier molecular flexibility index (Phi) is 4.25. The van der Waals surface area contributed by atoms with Crippen LogP contribution in [0.5, 0.6) is 0 Å². The van der Waals surface area contributed by atoms with Crippen molar-refractivity contribution in [2.24, 2.45) is 0 Å². The monoisotopic (exact) mass is 336 g/mol. The lowest BCUT2D eigenvalue weighted by Gasteiger charge is -1.97. The molecule has 7 nitrogen and oxygen atoms in total. The van der Waals surface area contributed by atoms with E-state index in [1.807, 2.05) is 20.8 Å². The first-order valence-electron chi connectivity index (χ1n) is 7.00. The smallest absolute Gasteiger partial charge is 0.267 e.